The molecule has 2 aromatic rings. The average molecular weight is 380 g/mol. The molecule has 0 unspecified atom stereocenters. The van der Waals surface area contributed by atoms with Crippen molar-refractivity contribution in [1.82, 2.24) is 9.36 Å². The summed E-state index contributed by atoms with van der Waals surface area (Å²) >= 11 is 4.10. The fourth-order valence-electron chi connectivity index (χ4n) is 2.06. The van der Waals surface area contributed by atoms with E-state index < -0.39 is 12.0 Å². The Labute approximate surface area is 130 Å². The van der Waals surface area contributed by atoms with E-state index in [1.807, 2.05) is 12.1 Å². The molecule has 1 aromatic carbocycles. The summed E-state index contributed by atoms with van der Waals surface area (Å²) in [7, 11) is 0. The van der Waals surface area contributed by atoms with Gasteiger partial charge in [-0.25, -0.2) is 0 Å². The maximum atomic E-state index is 12.4. The summed E-state index contributed by atoms with van der Waals surface area (Å²) in [5.41, 5.74) is 1.97. The van der Waals surface area contributed by atoms with Crippen LogP contribution >= 0.6 is 27.5 Å². The summed E-state index contributed by atoms with van der Waals surface area (Å²) in [6.45, 7) is 0.948. The minimum atomic E-state index is -4.52. The molecule has 0 saturated heterocycles. The van der Waals surface area contributed by atoms with Gasteiger partial charge in [-0.3, -0.25) is 0 Å². The molecule has 0 fully saturated rings. The van der Waals surface area contributed by atoms with Crippen LogP contribution in [0.15, 0.2) is 16.6 Å². The molecule has 21 heavy (non-hydrogen) atoms. The Morgan fingerprint density at radius 1 is 1.38 bits per heavy atom. The van der Waals surface area contributed by atoms with Crippen LogP contribution in [0.25, 0.3) is 0 Å². The quantitative estimate of drug-likeness (QED) is 0.879. The maximum absolute atomic E-state index is 12.4. The zero-order valence-electron chi connectivity index (χ0n) is 10.5. The molecule has 4 nitrogen and oxygen atoms in total. The van der Waals surface area contributed by atoms with E-state index in [0.717, 1.165) is 27.8 Å². The lowest BCUT2D eigenvalue weighted by molar-refractivity contribution is -0.144. The number of alkyl halides is 3. The summed E-state index contributed by atoms with van der Waals surface area (Å²) in [5, 5.41) is 2.99. The van der Waals surface area contributed by atoms with Crippen molar-refractivity contribution in [2.75, 3.05) is 11.9 Å². The molecule has 0 radical (unpaired) electrons. The second-order valence-corrected chi connectivity index (χ2v) is 6.09. The number of benzene rings is 1. The Hall–Kier alpha value is -1.35. The minimum absolute atomic E-state index is 0.133. The summed E-state index contributed by atoms with van der Waals surface area (Å²) in [6, 6.07) is 3.86. The van der Waals surface area contributed by atoms with E-state index in [0.29, 0.717) is 24.7 Å². The molecule has 2 heterocycles. The van der Waals surface area contributed by atoms with Gasteiger partial charge in [0.1, 0.15) is 5.75 Å². The molecule has 1 N–H and O–H groups in total. The lowest BCUT2D eigenvalue weighted by Crippen LogP contribution is -2.08. The Balaban J connectivity index is 1.75. The van der Waals surface area contributed by atoms with Crippen LogP contribution in [0.3, 0.4) is 0 Å². The third-order valence-corrected chi connectivity index (χ3v) is 4.07. The molecule has 112 valence electrons. The van der Waals surface area contributed by atoms with Crippen LogP contribution in [-0.2, 0) is 19.1 Å². The van der Waals surface area contributed by atoms with Gasteiger partial charge in [-0.05, 0) is 17.7 Å². The molecule has 0 saturated carbocycles. The molecule has 0 spiro atoms. The zero-order valence-corrected chi connectivity index (χ0v) is 12.9. The molecule has 1 aromatic heterocycles. The number of fused-ring (bicyclic) bond motifs is 1. The van der Waals surface area contributed by atoms with Gasteiger partial charge in [0.05, 0.1) is 6.61 Å². The molecular weight excluding hydrogens is 371 g/mol. The number of halogens is 4. The number of ether oxygens (including phenoxy) is 1. The van der Waals surface area contributed by atoms with Crippen molar-refractivity contribution in [2.24, 2.45) is 0 Å². The van der Waals surface area contributed by atoms with Gasteiger partial charge in [-0.2, -0.15) is 22.5 Å². The fraction of sp³-hybridized carbons (Fsp3) is 0.333. The molecule has 0 aliphatic carbocycles. The summed E-state index contributed by atoms with van der Waals surface area (Å²) in [6.07, 6.45) is -3.69. The third kappa shape index (κ3) is 3.13. The van der Waals surface area contributed by atoms with E-state index >= 15 is 0 Å². The van der Waals surface area contributed by atoms with Crippen LogP contribution in [0.2, 0.25) is 0 Å². The number of nitrogens with zero attached hydrogens (tertiary/aromatic N) is 2. The monoisotopic (exact) mass is 379 g/mol. The molecule has 3 rings (SSSR count). The number of hydrogen-bond acceptors (Lipinski definition) is 5. The molecule has 0 bridgehead atoms. The highest BCUT2D eigenvalue weighted by Crippen LogP contribution is 2.34. The van der Waals surface area contributed by atoms with Crippen LogP contribution in [0, 0.1) is 0 Å². The van der Waals surface area contributed by atoms with E-state index in [2.05, 4.69) is 30.6 Å². The number of nitrogens with one attached hydrogen (secondary N) is 1. The topological polar surface area (TPSA) is 47.0 Å². The largest absolute Gasteiger partial charge is 0.493 e. The second kappa shape index (κ2) is 5.45. The minimum Gasteiger partial charge on any atom is -0.493 e. The Morgan fingerprint density at radius 2 is 2.19 bits per heavy atom. The summed E-state index contributed by atoms with van der Waals surface area (Å²) in [4.78, 5) is 3.43. The second-order valence-electron chi connectivity index (χ2n) is 4.43. The Bertz CT molecular complexity index is 674. The van der Waals surface area contributed by atoms with Gasteiger partial charge < -0.3 is 10.1 Å². The van der Waals surface area contributed by atoms with Crippen molar-refractivity contribution in [3.05, 3.63) is 33.6 Å². The Kier molecular flexibility index (Phi) is 3.78. The highest BCUT2D eigenvalue weighted by atomic mass is 79.9. The number of rotatable bonds is 3. The SMILES string of the molecule is FC(F)(F)c1nsc(NCc2cc(Br)cc3c2OCC3)n1. The van der Waals surface area contributed by atoms with Gasteiger partial charge >= 0.3 is 6.18 Å². The van der Waals surface area contributed by atoms with Crippen LogP contribution in [0.1, 0.15) is 17.0 Å². The third-order valence-electron chi connectivity index (χ3n) is 2.93. The van der Waals surface area contributed by atoms with Gasteiger partial charge in [0.15, 0.2) is 0 Å². The smallest absolute Gasteiger partial charge is 0.452 e. The molecular formula is C12H9BrF3N3OS. The van der Waals surface area contributed by atoms with Gasteiger partial charge in [-0.1, -0.05) is 15.9 Å². The average Bonchev–Trinajstić information content (AvgIpc) is 3.03. The highest BCUT2D eigenvalue weighted by Gasteiger charge is 2.36. The molecule has 0 amide bonds. The van der Waals surface area contributed by atoms with Crippen LogP contribution in [0.5, 0.6) is 5.75 Å². The highest BCUT2D eigenvalue weighted by molar-refractivity contribution is 9.10. The van der Waals surface area contributed by atoms with E-state index in [1.165, 1.54) is 0 Å². The van der Waals surface area contributed by atoms with Gasteiger partial charge in [0.25, 0.3) is 0 Å². The van der Waals surface area contributed by atoms with E-state index in [1.54, 1.807) is 0 Å². The predicted molar refractivity (Wildman–Crippen MR) is 75.6 cm³/mol. The van der Waals surface area contributed by atoms with Crippen molar-refractivity contribution < 1.29 is 17.9 Å². The molecule has 0 atom stereocenters. The van der Waals surface area contributed by atoms with Crippen LogP contribution in [-0.4, -0.2) is 16.0 Å². The van der Waals surface area contributed by atoms with Crippen LogP contribution in [0.4, 0.5) is 18.3 Å². The molecule has 1 aliphatic heterocycles. The van der Waals surface area contributed by atoms with E-state index in [-0.39, 0.29) is 5.13 Å². The first kappa shape index (κ1) is 14.6. The first-order valence-corrected chi connectivity index (χ1v) is 7.59. The number of aromatic nitrogens is 2. The standard InChI is InChI=1S/C12H9BrF3N3OS/c13-8-3-6-1-2-20-9(6)7(4-8)5-17-11-18-10(19-21-11)12(14,15)16/h3-4H,1-2,5H2,(H,17,18,19). The predicted octanol–water partition coefficient (Wildman–Crippen LogP) is 3.87. The summed E-state index contributed by atoms with van der Waals surface area (Å²) < 4.78 is 47.0. The fourth-order valence-corrected chi connectivity index (χ4v) is 3.19. The van der Waals surface area contributed by atoms with Crippen LogP contribution < -0.4 is 10.1 Å². The van der Waals surface area contributed by atoms with Crippen molar-refractivity contribution in [3.8, 4) is 5.75 Å². The van der Waals surface area contributed by atoms with Gasteiger partial charge in [-0.15, -0.1) is 0 Å². The lowest BCUT2D eigenvalue weighted by atomic mass is 10.1. The van der Waals surface area contributed by atoms with Crippen molar-refractivity contribution in [3.63, 3.8) is 0 Å². The van der Waals surface area contributed by atoms with Crippen molar-refractivity contribution in [1.29, 1.82) is 0 Å². The number of hydrogen-bond donors (Lipinski definition) is 1. The number of anilines is 1. The van der Waals surface area contributed by atoms with Crippen molar-refractivity contribution >= 4 is 32.6 Å². The lowest BCUT2D eigenvalue weighted by Gasteiger charge is -2.09. The van der Waals surface area contributed by atoms with Gasteiger partial charge in [0.2, 0.25) is 11.0 Å². The molecule has 1 aliphatic rings. The summed E-state index contributed by atoms with van der Waals surface area (Å²) in [5.74, 6) is -0.322. The first-order chi connectivity index (χ1) is 9.93. The van der Waals surface area contributed by atoms with E-state index in [4.69, 9.17) is 4.74 Å². The van der Waals surface area contributed by atoms with E-state index in [9.17, 15) is 13.2 Å². The zero-order chi connectivity index (χ0) is 15.0. The Morgan fingerprint density at radius 3 is 2.90 bits per heavy atom. The molecule has 9 heteroatoms. The maximum Gasteiger partial charge on any atom is 0.452 e. The van der Waals surface area contributed by atoms with Crippen molar-refractivity contribution in [2.45, 2.75) is 19.1 Å². The first-order valence-electron chi connectivity index (χ1n) is 6.02. The normalized spacial score (nSPS) is 13.9. The van der Waals surface area contributed by atoms with Gasteiger partial charge in [0, 0.05) is 34.5 Å².